The Morgan fingerprint density at radius 2 is 2.04 bits per heavy atom. The lowest BCUT2D eigenvalue weighted by Gasteiger charge is -2.17. The molecule has 0 unspecified atom stereocenters. The van der Waals surface area contributed by atoms with Crippen molar-refractivity contribution in [2.45, 2.75) is 32.7 Å². The Morgan fingerprint density at radius 3 is 2.72 bits per heavy atom. The number of fused-ring (bicyclic) bond motifs is 1. The van der Waals surface area contributed by atoms with Gasteiger partial charge in [-0.2, -0.15) is 0 Å². The molecule has 0 radical (unpaired) electrons. The third kappa shape index (κ3) is 3.05. The van der Waals surface area contributed by atoms with Crippen molar-refractivity contribution in [3.8, 4) is 0 Å². The summed E-state index contributed by atoms with van der Waals surface area (Å²) in [6.45, 7) is 1.89. The Labute approximate surface area is 144 Å². The van der Waals surface area contributed by atoms with Crippen molar-refractivity contribution in [1.82, 2.24) is 9.88 Å². The molecule has 1 amide bonds. The van der Waals surface area contributed by atoms with E-state index in [-0.39, 0.29) is 23.9 Å². The highest BCUT2D eigenvalue weighted by molar-refractivity contribution is 6.04. The quantitative estimate of drug-likeness (QED) is 0.683. The number of hydrogen-bond acceptors (Lipinski definition) is 4. The molecule has 1 aliphatic carbocycles. The molecule has 2 aromatic rings. The fourth-order valence-electron chi connectivity index (χ4n) is 3.33. The first kappa shape index (κ1) is 16.9. The van der Waals surface area contributed by atoms with Gasteiger partial charge in [-0.25, -0.2) is 0 Å². The predicted octanol–water partition coefficient (Wildman–Crippen LogP) is 3.02. The number of para-hydroxylation sites is 1. The number of aromatic nitrogens is 1. The molecule has 7 heteroatoms. The molecular formula is C18H19N3O4. The highest BCUT2D eigenvalue weighted by atomic mass is 16.6. The number of aromatic amines is 1. The van der Waals surface area contributed by atoms with E-state index in [4.69, 9.17) is 0 Å². The van der Waals surface area contributed by atoms with Crippen LogP contribution in [0, 0.1) is 17.0 Å². The summed E-state index contributed by atoms with van der Waals surface area (Å²) >= 11 is 0. The summed E-state index contributed by atoms with van der Waals surface area (Å²) in [7, 11) is 1.60. The van der Waals surface area contributed by atoms with E-state index in [0.29, 0.717) is 28.8 Å². The standard InChI is InChI=1S/C18H19N3O4/c1-11-16-13(7-5-9-15(16)22)19-17(11)18(23)20(2)10-12-6-3-4-8-14(12)21(24)25/h3-4,6,8,19H,5,7,9-10H2,1-2H3. The summed E-state index contributed by atoms with van der Waals surface area (Å²) in [5.74, 6) is -0.215. The zero-order valence-corrected chi connectivity index (χ0v) is 14.2. The molecule has 0 spiro atoms. The first-order chi connectivity index (χ1) is 11.9. The minimum atomic E-state index is -0.453. The van der Waals surface area contributed by atoms with E-state index in [1.165, 1.54) is 11.0 Å². The Bertz CT molecular complexity index is 869. The average molecular weight is 341 g/mol. The van der Waals surface area contributed by atoms with Gasteiger partial charge in [-0.15, -0.1) is 0 Å². The van der Waals surface area contributed by atoms with Gasteiger partial charge in [0.15, 0.2) is 5.78 Å². The molecule has 0 fully saturated rings. The van der Waals surface area contributed by atoms with E-state index < -0.39 is 4.92 Å². The van der Waals surface area contributed by atoms with Crippen LogP contribution in [-0.4, -0.2) is 33.5 Å². The van der Waals surface area contributed by atoms with Gasteiger partial charge in [0.2, 0.25) is 0 Å². The number of aryl methyl sites for hydroxylation is 1. The molecular weight excluding hydrogens is 322 g/mol. The van der Waals surface area contributed by atoms with Crippen LogP contribution in [0.2, 0.25) is 0 Å². The highest BCUT2D eigenvalue weighted by Gasteiger charge is 2.28. The Morgan fingerprint density at radius 1 is 1.32 bits per heavy atom. The Kier molecular flexibility index (Phi) is 4.39. The molecule has 0 atom stereocenters. The number of benzene rings is 1. The smallest absolute Gasteiger partial charge is 0.274 e. The monoisotopic (exact) mass is 341 g/mol. The van der Waals surface area contributed by atoms with Crippen LogP contribution in [-0.2, 0) is 13.0 Å². The van der Waals surface area contributed by atoms with Crippen molar-refractivity contribution in [3.05, 3.63) is 62.5 Å². The average Bonchev–Trinajstić information content (AvgIpc) is 2.92. The summed E-state index contributed by atoms with van der Waals surface area (Å²) in [6.07, 6.45) is 2.04. The number of Topliss-reactive ketones (excluding diaryl/α,β-unsaturated/α-hetero) is 1. The number of carbonyl (C=O) groups excluding carboxylic acids is 2. The van der Waals surface area contributed by atoms with Crippen LogP contribution in [0.1, 0.15) is 50.5 Å². The second kappa shape index (κ2) is 6.51. The van der Waals surface area contributed by atoms with Crippen molar-refractivity contribution < 1.29 is 14.5 Å². The second-order valence-electron chi connectivity index (χ2n) is 6.30. The van der Waals surface area contributed by atoms with E-state index in [0.717, 1.165) is 18.5 Å². The van der Waals surface area contributed by atoms with Gasteiger partial charge in [0.25, 0.3) is 11.6 Å². The van der Waals surface area contributed by atoms with E-state index >= 15 is 0 Å². The van der Waals surface area contributed by atoms with Crippen LogP contribution in [0.15, 0.2) is 24.3 Å². The zero-order valence-electron chi connectivity index (χ0n) is 14.2. The number of nitrogens with zero attached hydrogens (tertiary/aromatic N) is 2. The van der Waals surface area contributed by atoms with Gasteiger partial charge >= 0.3 is 0 Å². The van der Waals surface area contributed by atoms with Gasteiger partial charge in [-0.3, -0.25) is 19.7 Å². The van der Waals surface area contributed by atoms with Crippen LogP contribution in [0.3, 0.4) is 0 Å². The molecule has 1 heterocycles. The van der Waals surface area contributed by atoms with Crippen molar-refractivity contribution in [2.75, 3.05) is 7.05 Å². The van der Waals surface area contributed by atoms with E-state index in [1.807, 2.05) is 0 Å². The predicted molar refractivity (Wildman–Crippen MR) is 91.7 cm³/mol. The SMILES string of the molecule is Cc1c(C(=O)N(C)Cc2ccccc2[N+](=O)[O-])[nH]c2c1C(=O)CCC2. The Balaban J connectivity index is 1.87. The number of ketones is 1. The lowest BCUT2D eigenvalue weighted by Crippen LogP contribution is -2.27. The highest BCUT2D eigenvalue weighted by Crippen LogP contribution is 2.27. The third-order valence-corrected chi connectivity index (χ3v) is 4.59. The topological polar surface area (TPSA) is 96.3 Å². The molecule has 1 aliphatic rings. The molecule has 0 bridgehead atoms. The van der Waals surface area contributed by atoms with Crippen LogP contribution < -0.4 is 0 Å². The normalized spacial score (nSPS) is 13.4. The summed E-state index contributed by atoms with van der Waals surface area (Å²) in [6, 6.07) is 6.36. The molecule has 0 saturated heterocycles. The number of nitrogens with one attached hydrogen (secondary N) is 1. The molecule has 0 saturated carbocycles. The molecule has 1 aromatic carbocycles. The molecule has 3 rings (SSSR count). The van der Waals surface area contributed by atoms with Gasteiger partial charge < -0.3 is 9.88 Å². The summed E-state index contributed by atoms with van der Waals surface area (Å²) in [5.41, 5.74) is 2.96. The first-order valence-corrected chi connectivity index (χ1v) is 8.12. The number of nitro benzene ring substituents is 1. The molecule has 1 aromatic heterocycles. The fourth-order valence-corrected chi connectivity index (χ4v) is 3.33. The van der Waals surface area contributed by atoms with Crippen LogP contribution in [0.4, 0.5) is 5.69 Å². The van der Waals surface area contributed by atoms with Crippen molar-refractivity contribution in [2.24, 2.45) is 0 Å². The van der Waals surface area contributed by atoms with Crippen molar-refractivity contribution in [3.63, 3.8) is 0 Å². The van der Waals surface area contributed by atoms with Gasteiger partial charge in [0.05, 0.1) is 11.5 Å². The number of rotatable bonds is 4. The van der Waals surface area contributed by atoms with Gasteiger partial charge in [0.1, 0.15) is 5.69 Å². The number of hydrogen-bond donors (Lipinski definition) is 1. The summed E-state index contributed by atoms with van der Waals surface area (Å²) < 4.78 is 0. The molecule has 25 heavy (non-hydrogen) atoms. The summed E-state index contributed by atoms with van der Waals surface area (Å²) in [4.78, 5) is 40.1. The van der Waals surface area contributed by atoms with E-state index in [1.54, 1.807) is 32.2 Å². The number of carbonyl (C=O) groups is 2. The second-order valence-corrected chi connectivity index (χ2v) is 6.30. The molecule has 7 nitrogen and oxygen atoms in total. The maximum atomic E-state index is 12.8. The zero-order chi connectivity index (χ0) is 18.1. The van der Waals surface area contributed by atoms with Crippen LogP contribution in [0.25, 0.3) is 0 Å². The lowest BCUT2D eigenvalue weighted by molar-refractivity contribution is -0.385. The van der Waals surface area contributed by atoms with Gasteiger partial charge in [-0.1, -0.05) is 18.2 Å². The van der Waals surface area contributed by atoms with Gasteiger partial charge in [-0.05, 0) is 25.3 Å². The molecule has 0 aliphatic heterocycles. The fraction of sp³-hybridized carbons (Fsp3) is 0.333. The lowest BCUT2D eigenvalue weighted by atomic mass is 9.94. The minimum absolute atomic E-state index is 0.0140. The Hall–Kier alpha value is -2.96. The third-order valence-electron chi connectivity index (χ3n) is 4.59. The number of nitro groups is 1. The van der Waals surface area contributed by atoms with Crippen LogP contribution in [0.5, 0.6) is 0 Å². The van der Waals surface area contributed by atoms with Gasteiger partial charge in [0, 0.05) is 36.4 Å². The minimum Gasteiger partial charge on any atom is -0.354 e. The molecule has 1 N–H and O–H groups in total. The van der Waals surface area contributed by atoms with E-state index in [9.17, 15) is 19.7 Å². The number of amides is 1. The maximum Gasteiger partial charge on any atom is 0.274 e. The van der Waals surface area contributed by atoms with Crippen molar-refractivity contribution in [1.29, 1.82) is 0 Å². The number of H-pyrrole nitrogens is 1. The largest absolute Gasteiger partial charge is 0.354 e. The summed E-state index contributed by atoms with van der Waals surface area (Å²) in [5, 5.41) is 11.1. The van der Waals surface area contributed by atoms with Crippen molar-refractivity contribution >= 4 is 17.4 Å². The molecule has 130 valence electrons. The van der Waals surface area contributed by atoms with Crippen LogP contribution >= 0.6 is 0 Å². The first-order valence-electron chi connectivity index (χ1n) is 8.12. The maximum absolute atomic E-state index is 12.8. The van der Waals surface area contributed by atoms with E-state index in [2.05, 4.69) is 4.98 Å².